The number of sulfonamides is 1. The normalized spacial score (nSPS) is 15.9. The van der Waals surface area contributed by atoms with Crippen molar-refractivity contribution in [1.29, 1.82) is 0 Å². The number of methoxy groups -OCH3 is 1. The first-order valence-corrected chi connectivity index (χ1v) is 9.31. The van der Waals surface area contributed by atoms with E-state index in [4.69, 9.17) is 4.74 Å². The van der Waals surface area contributed by atoms with Gasteiger partial charge in [-0.2, -0.15) is 8.42 Å². The van der Waals surface area contributed by atoms with Crippen molar-refractivity contribution in [1.82, 2.24) is 0 Å². The average Bonchev–Trinajstić information content (AvgIpc) is 2.81. The summed E-state index contributed by atoms with van der Waals surface area (Å²) in [6, 6.07) is 12.8. The molecular formula is C19H20N2O3S. The molecular weight excluding hydrogens is 336 g/mol. The van der Waals surface area contributed by atoms with Crippen molar-refractivity contribution in [2.45, 2.75) is 20.8 Å². The zero-order valence-electron chi connectivity index (χ0n) is 14.6. The van der Waals surface area contributed by atoms with Gasteiger partial charge in [-0.3, -0.25) is 0 Å². The average molecular weight is 356 g/mol. The fraction of sp³-hybridized carbons (Fsp3) is 0.211. The molecule has 0 aromatic heterocycles. The van der Waals surface area contributed by atoms with Crippen LogP contribution in [-0.4, -0.2) is 21.4 Å². The minimum absolute atomic E-state index is 0.225. The van der Waals surface area contributed by atoms with Crippen molar-refractivity contribution in [2.75, 3.05) is 12.4 Å². The van der Waals surface area contributed by atoms with E-state index in [0.29, 0.717) is 22.7 Å². The predicted molar refractivity (Wildman–Crippen MR) is 101 cm³/mol. The fourth-order valence-corrected chi connectivity index (χ4v) is 4.21. The molecule has 5 nitrogen and oxygen atoms in total. The van der Waals surface area contributed by atoms with Crippen LogP contribution in [0.4, 0.5) is 5.69 Å². The van der Waals surface area contributed by atoms with E-state index in [9.17, 15) is 8.42 Å². The SMILES string of the molecule is COc1ccc(C2=C(C)C(Nc3cccc(C)c3C)=NS2(=O)=O)cc1. The maximum Gasteiger partial charge on any atom is 0.285 e. The molecule has 2 aromatic carbocycles. The quantitative estimate of drug-likeness (QED) is 0.906. The molecule has 0 aliphatic carbocycles. The third kappa shape index (κ3) is 3.17. The summed E-state index contributed by atoms with van der Waals surface area (Å²) < 4.78 is 34.2. The van der Waals surface area contributed by atoms with Crippen LogP contribution in [0.3, 0.4) is 0 Å². The lowest BCUT2D eigenvalue weighted by Gasteiger charge is -2.11. The molecule has 0 saturated heterocycles. The number of nitrogens with one attached hydrogen (secondary N) is 1. The van der Waals surface area contributed by atoms with Gasteiger partial charge in [0.2, 0.25) is 0 Å². The second kappa shape index (κ2) is 6.37. The Labute approximate surface area is 148 Å². The zero-order valence-corrected chi connectivity index (χ0v) is 15.4. The molecule has 1 aliphatic rings. The molecule has 2 aromatic rings. The van der Waals surface area contributed by atoms with Crippen molar-refractivity contribution in [3.63, 3.8) is 0 Å². The minimum Gasteiger partial charge on any atom is -0.497 e. The van der Waals surface area contributed by atoms with Crippen molar-refractivity contribution in [3.8, 4) is 5.75 Å². The summed E-state index contributed by atoms with van der Waals surface area (Å²) in [6.45, 7) is 5.77. The Bertz CT molecular complexity index is 988. The van der Waals surface area contributed by atoms with Gasteiger partial charge in [0.25, 0.3) is 10.0 Å². The van der Waals surface area contributed by atoms with Crippen molar-refractivity contribution < 1.29 is 13.2 Å². The second-order valence-electron chi connectivity index (χ2n) is 5.97. The summed E-state index contributed by atoms with van der Waals surface area (Å²) in [6.07, 6.45) is 0. The number of anilines is 1. The van der Waals surface area contributed by atoms with Gasteiger partial charge in [0.15, 0.2) is 0 Å². The number of rotatable bonds is 3. The molecule has 0 radical (unpaired) electrons. The standard InChI is InChI=1S/C19H20N2O3S/c1-12-6-5-7-17(13(12)2)20-19-14(3)18(25(22,23)21-19)15-8-10-16(24-4)11-9-15/h5-11H,1-4H3,(H,20,21). The summed E-state index contributed by atoms with van der Waals surface area (Å²) in [5.74, 6) is 1.03. The summed E-state index contributed by atoms with van der Waals surface area (Å²) >= 11 is 0. The van der Waals surface area contributed by atoms with E-state index < -0.39 is 10.0 Å². The van der Waals surface area contributed by atoms with Gasteiger partial charge >= 0.3 is 0 Å². The van der Waals surface area contributed by atoms with Gasteiger partial charge in [-0.1, -0.05) is 12.1 Å². The monoisotopic (exact) mass is 356 g/mol. The van der Waals surface area contributed by atoms with E-state index >= 15 is 0 Å². The van der Waals surface area contributed by atoms with Gasteiger partial charge in [-0.05, 0) is 67.8 Å². The second-order valence-corrected chi connectivity index (χ2v) is 7.51. The molecule has 25 heavy (non-hydrogen) atoms. The minimum atomic E-state index is -3.74. The first-order valence-electron chi connectivity index (χ1n) is 7.87. The molecule has 0 amide bonds. The molecule has 1 N–H and O–H groups in total. The van der Waals surface area contributed by atoms with E-state index in [1.54, 1.807) is 38.3 Å². The van der Waals surface area contributed by atoms with Crippen LogP contribution in [0.15, 0.2) is 52.4 Å². The van der Waals surface area contributed by atoms with Crippen LogP contribution in [0, 0.1) is 13.8 Å². The highest BCUT2D eigenvalue weighted by Crippen LogP contribution is 2.34. The van der Waals surface area contributed by atoms with E-state index in [1.807, 2.05) is 32.0 Å². The number of hydrogen-bond acceptors (Lipinski definition) is 4. The predicted octanol–water partition coefficient (Wildman–Crippen LogP) is 3.90. The van der Waals surface area contributed by atoms with E-state index in [-0.39, 0.29) is 4.91 Å². The number of nitrogens with zero attached hydrogens (tertiary/aromatic N) is 1. The molecule has 0 bridgehead atoms. The van der Waals surface area contributed by atoms with E-state index in [0.717, 1.165) is 16.8 Å². The van der Waals surface area contributed by atoms with Crippen LogP contribution in [0.5, 0.6) is 5.75 Å². The molecule has 1 aliphatic heterocycles. The molecule has 6 heteroatoms. The van der Waals surface area contributed by atoms with Crippen molar-refractivity contribution in [2.24, 2.45) is 4.40 Å². The number of amidine groups is 1. The Morgan fingerprint density at radius 2 is 1.68 bits per heavy atom. The third-order valence-corrected chi connectivity index (χ3v) is 5.86. The highest BCUT2D eigenvalue weighted by molar-refractivity contribution is 8.00. The number of hydrogen-bond donors (Lipinski definition) is 1. The smallest absolute Gasteiger partial charge is 0.285 e. The molecule has 0 fully saturated rings. The van der Waals surface area contributed by atoms with Gasteiger partial charge in [0.05, 0.1) is 7.11 Å². The van der Waals surface area contributed by atoms with Crippen LogP contribution in [0.1, 0.15) is 23.6 Å². The molecule has 130 valence electrons. The third-order valence-electron chi connectivity index (χ3n) is 4.38. The lowest BCUT2D eigenvalue weighted by Crippen LogP contribution is -2.12. The maximum atomic E-state index is 12.6. The van der Waals surface area contributed by atoms with Crippen LogP contribution >= 0.6 is 0 Å². The molecule has 0 spiro atoms. The number of ether oxygens (including phenoxy) is 1. The fourth-order valence-electron chi connectivity index (χ4n) is 2.77. The Kier molecular flexibility index (Phi) is 4.39. The van der Waals surface area contributed by atoms with E-state index in [2.05, 4.69) is 9.71 Å². The topological polar surface area (TPSA) is 67.8 Å². The largest absolute Gasteiger partial charge is 0.497 e. The summed E-state index contributed by atoms with van der Waals surface area (Å²) in [5.41, 5.74) is 4.24. The highest BCUT2D eigenvalue weighted by atomic mass is 32.2. The van der Waals surface area contributed by atoms with Crippen LogP contribution in [0.2, 0.25) is 0 Å². The maximum absolute atomic E-state index is 12.6. The Morgan fingerprint density at radius 3 is 2.32 bits per heavy atom. The molecule has 0 atom stereocenters. The first kappa shape index (κ1) is 17.2. The van der Waals surface area contributed by atoms with Gasteiger partial charge in [-0.25, -0.2) is 0 Å². The van der Waals surface area contributed by atoms with E-state index in [1.165, 1.54) is 0 Å². The van der Waals surface area contributed by atoms with Gasteiger partial charge in [0.1, 0.15) is 16.5 Å². The van der Waals surface area contributed by atoms with Crippen molar-refractivity contribution >= 4 is 26.5 Å². The molecule has 1 heterocycles. The lowest BCUT2D eigenvalue weighted by molar-refractivity contribution is 0.415. The first-order chi connectivity index (χ1) is 11.8. The highest BCUT2D eigenvalue weighted by Gasteiger charge is 2.31. The van der Waals surface area contributed by atoms with Crippen LogP contribution in [0.25, 0.3) is 4.91 Å². The van der Waals surface area contributed by atoms with Crippen molar-refractivity contribution in [3.05, 3.63) is 64.7 Å². The summed E-state index contributed by atoms with van der Waals surface area (Å²) in [4.78, 5) is 0.225. The molecule has 3 rings (SSSR count). The van der Waals surface area contributed by atoms with Gasteiger partial charge in [0, 0.05) is 11.3 Å². The summed E-state index contributed by atoms with van der Waals surface area (Å²) in [5, 5.41) is 3.17. The zero-order chi connectivity index (χ0) is 18.2. The summed E-state index contributed by atoms with van der Waals surface area (Å²) in [7, 11) is -2.17. The number of benzene rings is 2. The lowest BCUT2D eigenvalue weighted by atomic mass is 10.1. The van der Waals surface area contributed by atoms with Gasteiger partial charge in [-0.15, -0.1) is 4.40 Å². The van der Waals surface area contributed by atoms with Crippen LogP contribution in [-0.2, 0) is 10.0 Å². The molecule has 0 unspecified atom stereocenters. The Balaban J connectivity index is 2.02. The molecule has 0 saturated carbocycles. The number of aryl methyl sites for hydroxylation is 1. The van der Waals surface area contributed by atoms with Gasteiger partial charge < -0.3 is 10.1 Å². The van der Waals surface area contributed by atoms with Crippen LogP contribution < -0.4 is 10.1 Å². The Hall–Kier alpha value is -2.60. The Morgan fingerprint density at radius 1 is 1.00 bits per heavy atom.